The van der Waals surface area contributed by atoms with Crippen LogP contribution in [0.2, 0.25) is 0 Å². The van der Waals surface area contributed by atoms with Crippen LogP contribution in [0, 0.1) is 0 Å². The number of carbonyl (C=O) groups excluding carboxylic acids is 1. The van der Waals surface area contributed by atoms with Gasteiger partial charge in [-0.1, -0.05) is 48.5 Å². The number of fused-ring (bicyclic) bond motifs is 1. The van der Waals surface area contributed by atoms with Gasteiger partial charge in [-0.05, 0) is 28.3 Å². The van der Waals surface area contributed by atoms with Crippen LogP contribution >= 0.6 is 0 Å². The normalized spacial score (nSPS) is 13.4. The number of hydrogen-bond acceptors (Lipinski definition) is 6. The summed E-state index contributed by atoms with van der Waals surface area (Å²) in [5, 5.41) is 14.3. The van der Waals surface area contributed by atoms with Crippen molar-refractivity contribution in [3.05, 3.63) is 72.2 Å². The Hall–Kier alpha value is -3.94. The Morgan fingerprint density at radius 2 is 1.83 bits per heavy atom. The van der Waals surface area contributed by atoms with Crippen LogP contribution in [-0.2, 0) is 17.8 Å². The van der Waals surface area contributed by atoms with Crippen LogP contribution in [0.1, 0.15) is 17.5 Å². The van der Waals surface area contributed by atoms with E-state index in [1.165, 1.54) is 6.33 Å². The molecule has 0 saturated heterocycles. The first-order valence-electron chi connectivity index (χ1n) is 9.31. The smallest absolute Gasteiger partial charge is 0.228 e. The van der Waals surface area contributed by atoms with Crippen molar-refractivity contribution in [1.29, 1.82) is 0 Å². The molecule has 0 unspecified atom stereocenters. The van der Waals surface area contributed by atoms with Crippen LogP contribution in [0.25, 0.3) is 22.5 Å². The molecule has 0 bridgehead atoms. The molecule has 0 atom stereocenters. The monoisotopic (exact) mass is 383 g/mol. The van der Waals surface area contributed by atoms with E-state index < -0.39 is 0 Å². The predicted octanol–water partition coefficient (Wildman–Crippen LogP) is 2.80. The van der Waals surface area contributed by atoms with Gasteiger partial charge in [0.05, 0.1) is 6.54 Å². The predicted molar refractivity (Wildman–Crippen MR) is 107 cm³/mol. The Labute approximate surface area is 166 Å². The lowest BCUT2D eigenvalue weighted by atomic mass is 9.98. The zero-order chi connectivity index (χ0) is 19.6. The summed E-state index contributed by atoms with van der Waals surface area (Å²) in [4.78, 5) is 22.6. The molecule has 0 radical (unpaired) electrons. The summed E-state index contributed by atoms with van der Waals surface area (Å²) in [5.74, 6) is 1.35. The molecule has 0 spiro atoms. The van der Waals surface area contributed by atoms with Gasteiger partial charge in [0, 0.05) is 23.7 Å². The van der Waals surface area contributed by atoms with Gasteiger partial charge in [0.2, 0.25) is 11.7 Å². The number of H-pyrrole nitrogens is 1. The van der Waals surface area contributed by atoms with Crippen molar-refractivity contribution in [2.45, 2.75) is 19.4 Å². The van der Waals surface area contributed by atoms with E-state index in [9.17, 15) is 4.79 Å². The van der Waals surface area contributed by atoms with Gasteiger partial charge < -0.3 is 0 Å². The van der Waals surface area contributed by atoms with Crippen molar-refractivity contribution in [2.75, 3.05) is 4.90 Å². The van der Waals surface area contributed by atoms with Crippen molar-refractivity contribution in [3.63, 3.8) is 0 Å². The molecule has 1 aliphatic heterocycles. The number of carbonyl (C=O) groups is 1. The van der Waals surface area contributed by atoms with Gasteiger partial charge in [0.25, 0.3) is 0 Å². The molecule has 2 aromatic heterocycles. The Balaban J connectivity index is 1.43. The maximum Gasteiger partial charge on any atom is 0.228 e. The largest absolute Gasteiger partial charge is 0.292 e. The first-order valence-corrected chi connectivity index (χ1v) is 9.31. The van der Waals surface area contributed by atoms with Crippen LogP contribution in [0.5, 0.6) is 0 Å². The van der Waals surface area contributed by atoms with E-state index >= 15 is 0 Å². The molecule has 0 aliphatic carbocycles. The second-order valence-corrected chi connectivity index (χ2v) is 6.83. The number of hydrogen-bond donors (Lipinski definition) is 1. The molecule has 1 N–H and O–H groups in total. The number of tetrazole rings is 1. The number of aromatic nitrogens is 6. The number of rotatable bonds is 4. The minimum absolute atomic E-state index is 0.0859. The van der Waals surface area contributed by atoms with Gasteiger partial charge in [0.15, 0.2) is 0 Å². The minimum atomic E-state index is 0.0859. The fourth-order valence-electron chi connectivity index (χ4n) is 3.61. The number of nitrogens with one attached hydrogen (secondary N) is 1. The van der Waals surface area contributed by atoms with Crippen molar-refractivity contribution < 1.29 is 4.79 Å². The number of nitrogens with zero attached hydrogens (tertiary/aromatic N) is 6. The Morgan fingerprint density at radius 3 is 2.62 bits per heavy atom. The third-order valence-electron chi connectivity index (χ3n) is 5.05. The van der Waals surface area contributed by atoms with Crippen LogP contribution < -0.4 is 4.90 Å². The van der Waals surface area contributed by atoms with Gasteiger partial charge >= 0.3 is 0 Å². The zero-order valence-electron chi connectivity index (χ0n) is 15.5. The standard InChI is InChI=1S/C21H17N7O/c29-19-10-9-16-11-22-13-23-21(16)28(19)12-14-5-7-15(8-6-14)17-3-1-2-4-18(17)20-24-26-27-25-20/h1-8,11,13H,9-10,12H2,(H,24,25,26,27). The maximum absolute atomic E-state index is 12.5. The fraction of sp³-hybridized carbons (Fsp3) is 0.143. The zero-order valence-corrected chi connectivity index (χ0v) is 15.5. The molecule has 4 aromatic rings. The van der Waals surface area contributed by atoms with E-state index in [-0.39, 0.29) is 5.91 Å². The number of aryl methyl sites for hydroxylation is 1. The number of benzene rings is 2. The summed E-state index contributed by atoms with van der Waals surface area (Å²) in [6.45, 7) is 0.482. The molecule has 3 heterocycles. The van der Waals surface area contributed by atoms with Crippen molar-refractivity contribution >= 4 is 11.7 Å². The maximum atomic E-state index is 12.5. The highest BCUT2D eigenvalue weighted by Crippen LogP contribution is 2.31. The minimum Gasteiger partial charge on any atom is -0.292 e. The molecule has 8 heteroatoms. The third-order valence-corrected chi connectivity index (χ3v) is 5.05. The lowest BCUT2D eigenvalue weighted by molar-refractivity contribution is -0.119. The van der Waals surface area contributed by atoms with Crippen LogP contribution in [0.15, 0.2) is 61.1 Å². The van der Waals surface area contributed by atoms with Crippen LogP contribution in [0.4, 0.5) is 5.82 Å². The average Bonchev–Trinajstić information content (AvgIpc) is 3.31. The van der Waals surface area contributed by atoms with E-state index in [0.717, 1.165) is 27.8 Å². The van der Waals surface area contributed by atoms with Gasteiger partial charge in [0.1, 0.15) is 12.1 Å². The van der Waals surface area contributed by atoms with Gasteiger partial charge in [-0.25, -0.2) is 9.97 Å². The molecule has 2 aromatic carbocycles. The first kappa shape index (κ1) is 17.2. The van der Waals surface area contributed by atoms with Gasteiger partial charge in [-0.2, -0.15) is 5.21 Å². The van der Waals surface area contributed by atoms with E-state index in [1.807, 2.05) is 48.5 Å². The van der Waals surface area contributed by atoms with E-state index in [0.29, 0.717) is 31.0 Å². The Kier molecular flexibility index (Phi) is 4.28. The SMILES string of the molecule is O=C1CCc2cncnc2N1Cc1ccc(-c2ccccc2-c2nn[nH]n2)cc1. The molecule has 0 saturated carbocycles. The fourth-order valence-corrected chi connectivity index (χ4v) is 3.61. The third kappa shape index (κ3) is 3.25. The molecular formula is C21H17N7O. The summed E-state index contributed by atoms with van der Waals surface area (Å²) in [5.41, 5.74) is 5.02. The highest BCUT2D eigenvalue weighted by Gasteiger charge is 2.25. The van der Waals surface area contributed by atoms with Crippen LogP contribution in [0.3, 0.4) is 0 Å². The highest BCUT2D eigenvalue weighted by atomic mass is 16.2. The lowest BCUT2D eigenvalue weighted by Gasteiger charge is -2.27. The second kappa shape index (κ2) is 7.23. The molecule has 8 nitrogen and oxygen atoms in total. The molecule has 1 amide bonds. The highest BCUT2D eigenvalue weighted by molar-refractivity contribution is 5.95. The molecule has 0 fully saturated rings. The lowest BCUT2D eigenvalue weighted by Crippen LogP contribution is -2.35. The van der Waals surface area contributed by atoms with Crippen molar-refractivity contribution in [1.82, 2.24) is 30.6 Å². The summed E-state index contributed by atoms with van der Waals surface area (Å²) in [6.07, 6.45) is 4.45. The molecule has 29 heavy (non-hydrogen) atoms. The first-order chi connectivity index (χ1) is 14.3. The number of aromatic amines is 1. The average molecular weight is 383 g/mol. The van der Waals surface area contributed by atoms with E-state index in [4.69, 9.17) is 0 Å². The molecular weight excluding hydrogens is 366 g/mol. The molecule has 1 aliphatic rings. The Bertz CT molecular complexity index is 1160. The second-order valence-electron chi connectivity index (χ2n) is 6.83. The molecule has 142 valence electrons. The molecule has 5 rings (SSSR count). The number of anilines is 1. The van der Waals surface area contributed by atoms with Crippen molar-refractivity contribution in [3.8, 4) is 22.5 Å². The summed E-state index contributed by atoms with van der Waals surface area (Å²) >= 11 is 0. The Morgan fingerprint density at radius 1 is 1.00 bits per heavy atom. The summed E-state index contributed by atoms with van der Waals surface area (Å²) in [6, 6.07) is 16.1. The van der Waals surface area contributed by atoms with Gasteiger partial charge in [-0.3, -0.25) is 9.69 Å². The van der Waals surface area contributed by atoms with Gasteiger partial charge in [-0.15, -0.1) is 10.2 Å². The quantitative estimate of drug-likeness (QED) is 0.582. The van der Waals surface area contributed by atoms with Crippen LogP contribution in [-0.4, -0.2) is 36.5 Å². The van der Waals surface area contributed by atoms with E-state index in [1.54, 1.807) is 11.1 Å². The summed E-state index contributed by atoms with van der Waals surface area (Å²) in [7, 11) is 0. The van der Waals surface area contributed by atoms with E-state index in [2.05, 4.69) is 30.6 Å². The summed E-state index contributed by atoms with van der Waals surface area (Å²) < 4.78 is 0. The topological polar surface area (TPSA) is 101 Å². The van der Waals surface area contributed by atoms with Crippen molar-refractivity contribution in [2.24, 2.45) is 0 Å². The number of amides is 1.